The molecule has 0 aliphatic heterocycles. The van der Waals surface area contributed by atoms with Crippen molar-refractivity contribution >= 4 is 23.5 Å². The molecule has 2 rings (SSSR count). The van der Waals surface area contributed by atoms with Crippen molar-refractivity contribution in [3.8, 4) is 0 Å². The molecule has 8 heteroatoms. The van der Waals surface area contributed by atoms with Crippen molar-refractivity contribution in [1.82, 2.24) is 9.97 Å². The number of carbonyl (C=O) groups excluding carboxylic acids is 2. The number of amides is 2. The molecule has 1 atom stereocenters. The summed E-state index contributed by atoms with van der Waals surface area (Å²) < 4.78 is 4.86. The van der Waals surface area contributed by atoms with Crippen LogP contribution in [0.3, 0.4) is 0 Å². The van der Waals surface area contributed by atoms with Crippen LogP contribution in [0.5, 0.6) is 0 Å². The highest BCUT2D eigenvalue weighted by Gasteiger charge is 2.17. The van der Waals surface area contributed by atoms with E-state index in [9.17, 15) is 9.59 Å². The van der Waals surface area contributed by atoms with Crippen molar-refractivity contribution in [2.45, 2.75) is 39.5 Å². The van der Waals surface area contributed by atoms with Gasteiger partial charge in [0.15, 0.2) is 11.5 Å². The molecule has 0 fully saturated rings. The van der Waals surface area contributed by atoms with Gasteiger partial charge in [-0.1, -0.05) is 32.9 Å². The first kappa shape index (κ1) is 20.2. The second-order valence-corrected chi connectivity index (χ2v) is 6.17. The molecule has 0 bridgehead atoms. The van der Waals surface area contributed by atoms with Crippen molar-refractivity contribution in [1.29, 1.82) is 0 Å². The fourth-order valence-corrected chi connectivity index (χ4v) is 2.69. The zero-order valence-electron chi connectivity index (χ0n) is 15.8. The van der Waals surface area contributed by atoms with Gasteiger partial charge in [0.25, 0.3) is 5.91 Å². The van der Waals surface area contributed by atoms with Crippen LogP contribution in [-0.4, -0.2) is 28.6 Å². The number of hydrogen-bond donors (Lipinski definition) is 3. The Balaban J connectivity index is 2.32. The van der Waals surface area contributed by atoms with E-state index in [0.717, 1.165) is 22.6 Å². The molecule has 1 aromatic carbocycles. The zero-order valence-corrected chi connectivity index (χ0v) is 15.8. The van der Waals surface area contributed by atoms with Gasteiger partial charge in [0.1, 0.15) is 0 Å². The van der Waals surface area contributed by atoms with Gasteiger partial charge in [0.2, 0.25) is 0 Å². The summed E-state index contributed by atoms with van der Waals surface area (Å²) in [5.41, 5.74) is 13.9. The van der Waals surface area contributed by atoms with Crippen LogP contribution in [0, 0.1) is 0 Å². The number of primary amides is 2. The number of nitrogens with zero attached hydrogens (tertiary/aromatic N) is 2. The van der Waals surface area contributed by atoms with Gasteiger partial charge in [-0.2, -0.15) is 0 Å². The number of nitrogens with one attached hydrogen (secondary N) is 1. The third-order valence-electron chi connectivity index (χ3n) is 4.15. The highest BCUT2D eigenvalue weighted by atomic mass is 16.5. The molecule has 0 unspecified atom stereocenters. The molecule has 2 aromatic rings. The molecule has 27 heavy (non-hydrogen) atoms. The standard InChI is InChI=1S/C19H25N5O3/c1-4-14-15(5-2)24-18(16(23-14)17(20)25)22-13-8-6-7-12(9-13)11(3)10-27-19(21)26/h6-9,11H,4-5,10H2,1-3H3,(H2,20,25)(H2,21,26)(H,22,24)/t11-/m0/s1. The second kappa shape index (κ2) is 8.98. The predicted octanol–water partition coefficient (Wildman–Crippen LogP) is 2.64. The van der Waals surface area contributed by atoms with Gasteiger partial charge in [-0.25, -0.2) is 14.8 Å². The van der Waals surface area contributed by atoms with Gasteiger partial charge in [-0.15, -0.1) is 0 Å². The molecule has 0 saturated carbocycles. The Bertz CT molecular complexity index is 838. The summed E-state index contributed by atoms with van der Waals surface area (Å²) in [6.07, 6.45) is 0.565. The lowest BCUT2D eigenvalue weighted by atomic mass is 10.0. The van der Waals surface area contributed by atoms with Gasteiger partial charge in [0, 0.05) is 11.6 Å². The van der Waals surface area contributed by atoms with E-state index in [-0.39, 0.29) is 18.2 Å². The summed E-state index contributed by atoms with van der Waals surface area (Å²) in [6.45, 7) is 6.04. The quantitative estimate of drug-likeness (QED) is 0.653. The highest BCUT2D eigenvalue weighted by Crippen LogP contribution is 2.24. The molecule has 0 aliphatic carbocycles. The van der Waals surface area contributed by atoms with Crippen molar-refractivity contribution in [3.05, 3.63) is 46.9 Å². The normalized spacial score (nSPS) is 11.7. The average molecular weight is 371 g/mol. The Hall–Kier alpha value is -3.16. The number of aryl methyl sites for hydroxylation is 2. The summed E-state index contributed by atoms with van der Waals surface area (Å²) in [6, 6.07) is 7.51. The van der Waals surface area contributed by atoms with E-state index in [1.54, 1.807) is 0 Å². The molecule has 2 amide bonds. The maximum atomic E-state index is 11.8. The van der Waals surface area contributed by atoms with E-state index in [0.29, 0.717) is 18.7 Å². The number of ether oxygens (including phenoxy) is 1. The van der Waals surface area contributed by atoms with Crippen molar-refractivity contribution in [2.24, 2.45) is 11.5 Å². The first-order chi connectivity index (χ1) is 12.8. The minimum atomic E-state index is -0.805. The summed E-state index contributed by atoms with van der Waals surface area (Å²) in [7, 11) is 0. The number of aromatic nitrogens is 2. The Morgan fingerprint density at radius 3 is 2.41 bits per heavy atom. The molecular weight excluding hydrogens is 346 g/mol. The van der Waals surface area contributed by atoms with Gasteiger partial charge < -0.3 is 21.5 Å². The van der Waals surface area contributed by atoms with Crippen molar-refractivity contribution < 1.29 is 14.3 Å². The molecule has 1 aromatic heterocycles. The van der Waals surface area contributed by atoms with Gasteiger partial charge in [-0.05, 0) is 30.5 Å². The smallest absolute Gasteiger partial charge is 0.404 e. The second-order valence-electron chi connectivity index (χ2n) is 6.17. The summed E-state index contributed by atoms with van der Waals surface area (Å²) in [5.74, 6) is -0.355. The van der Waals surface area contributed by atoms with Crippen LogP contribution >= 0.6 is 0 Å². The monoisotopic (exact) mass is 371 g/mol. The largest absolute Gasteiger partial charge is 0.449 e. The van der Waals surface area contributed by atoms with E-state index in [2.05, 4.69) is 15.3 Å². The van der Waals surface area contributed by atoms with E-state index < -0.39 is 12.0 Å². The number of nitrogens with two attached hydrogens (primary N) is 2. The molecule has 0 spiro atoms. The van der Waals surface area contributed by atoms with Gasteiger partial charge in [0.05, 0.1) is 18.0 Å². The van der Waals surface area contributed by atoms with Crippen LogP contribution in [0.15, 0.2) is 24.3 Å². The van der Waals surface area contributed by atoms with Crippen LogP contribution in [0.4, 0.5) is 16.3 Å². The molecule has 0 radical (unpaired) electrons. The Morgan fingerprint density at radius 2 is 1.81 bits per heavy atom. The topological polar surface area (TPSA) is 133 Å². The van der Waals surface area contributed by atoms with Crippen LogP contribution < -0.4 is 16.8 Å². The number of benzene rings is 1. The van der Waals surface area contributed by atoms with E-state index in [1.807, 2.05) is 45.0 Å². The molecular formula is C19H25N5O3. The van der Waals surface area contributed by atoms with Crippen LogP contribution in [0.2, 0.25) is 0 Å². The lowest BCUT2D eigenvalue weighted by Gasteiger charge is -2.15. The summed E-state index contributed by atoms with van der Waals surface area (Å²) >= 11 is 0. The van der Waals surface area contributed by atoms with Gasteiger partial charge >= 0.3 is 6.09 Å². The fourth-order valence-electron chi connectivity index (χ4n) is 2.69. The maximum absolute atomic E-state index is 11.8. The fraction of sp³-hybridized carbons (Fsp3) is 0.368. The lowest BCUT2D eigenvalue weighted by Crippen LogP contribution is -2.19. The van der Waals surface area contributed by atoms with Crippen LogP contribution in [0.25, 0.3) is 0 Å². The Labute approximate surface area is 158 Å². The van der Waals surface area contributed by atoms with Crippen LogP contribution in [0.1, 0.15) is 54.1 Å². The molecule has 5 N–H and O–H groups in total. The SMILES string of the molecule is CCc1nc(Nc2cccc([C@@H](C)COC(N)=O)c2)c(C(N)=O)nc1CC. The van der Waals surface area contributed by atoms with Crippen molar-refractivity contribution in [3.63, 3.8) is 0 Å². The molecule has 1 heterocycles. The molecule has 8 nitrogen and oxygen atoms in total. The van der Waals surface area contributed by atoms with E-state index >= 15 is 0 Å². The first-order valence-corrected chi connectivity index (χ1v) is 8.84. The van der Waals surface area contributed by atoms with Crippen LogP contribution in [-0.2, 0) is 17.6 Å². The summed E-state index contributed by atoms with van der Waals surface area (Å²) in [5, 5.41) is 3.13. The molecule has 144 valence electrons. The molecule has 0 aliphatic rings. The number of carbonyl (C=O) groups is 2. The third-order valence-corrected chi connectivity index (χ3v) is 4.15. The summed E-state index contributed by atoms with van der Waals surface area (Å²) in [4.78, 5) is 31.6. The minimum Gasteiger partial charge on any atom is -0.449 e. The zero-order chi connectivity index (χ0) is 20.0. The Morgan fingerprint density at radius 1 is 1.15 bits per heavy atom. The van der Waals surface area contributed by atoms with E-state index in [4.69, 9.17) is 16.2 Å². The van der Waals surface area contributed by atoms with Gasteiger partial charge in [-0.3, -0.25) is 4.79 Å². The first-order valence-electron chi connectivity index (χ1n) is 8.84. The molecule has 0 saturated heterocycles. The van der Waals surface area contributed by atoms with E-state index in [1.165, 1.54) is 0 Å². The number of anilines is 2. The number of hydrogen-bond acceptors (Lipinski definition) is 6. The number of rotatable bonds is 8. The Kier molecular flexibility index (Phi) is 6.70. The highest BCUT2D eigenvalue weighted by molar-refractivity contribution is 5.96. The van der Waals surface area contributed by atoms with Crippen molar-refractivity contribution in [2.75, 3.05) is 11.9 Å². The third kappa shape index (κ3) is 5.16. The lowest BCUT2D eigenvalue weighted by molar-refractivity contribution is 0.0995. The minimum absolute atomic E-state index is 0.0467. The maximum Gasteiger partial charge on any atom is 0.404 e. The average Bonchev–Trinajstić information content (AvgIpc) is 2.65. The predicted molar refractivity (Wildman–Crippen MR) is 103 cm³/mol.